The summed E-state index contributed by atoms with van der Waals surface area (Å²) in [5, 5.41) is 4.01. The molecule has 0 saturated heterocycles. The van der Waals surface area contributed by atoms with E-state index >= 15 is 0 Å². The molecular weight excluding hydrogens is 440 g/mol. The Bertz CT molecular complexity index is 1140. The minimum absolute atomic E-state index is 0.149. The van der Waals surface area contributed by atoms with Gasteiger partial charge >= 0.3 is 6.18 Å². The smallest absolute Gasteiger partial charge is 0.435 e. The van der Waals surface area contributed by atoms with E-state index in [1.165, 1.54) is 12.1 Å². The van der Waals surface area contributed by atoms with Crippen molar-refractivity contribution in [1.82, 2.24) is 19.3 Å². The van der Waals surface area contributed by atoms with E-state index in [-0.39, 0.29) is 28.0 Å². The predicted octanol–water partition coefficient (Wildman–Crippen LogP) is 5.96. The Morgan fingerprint density at radius 2 is 1.70 bits per heavy atom. The summed E-state index contributed by atoms with van der Waals surface area (Å²) in [6.07, 6.45) is 0.477. The standard InChI is InChI=1S/C20H13Cl2F3N4O/c21-16-2-1-3-17(22)19(16)29-14(10-18(27-29)20(23,24)25)11-30-15-6-4-13(5-7-15)28-9-8-26-12-28/h1-10,12H,11H2. The lowest BCUT2D eigenvalue weighted by Crippen LogP contribution is -2.09. The van der Waals surface area contributed by atoms with Crippen molar-refractivity contribution in [2.45, 2.75) is 12.8 Å². The van der Waals surface area contributed by atoms with Crippen LogP contribution < -0.4 is 4.74 Å². The Labute approximate surface area is 179 Å². The number of halogens is 5. The molecule has 30 heavy (non-hydrogen) atoms. The largest absolute Gasteiger partial charge is 0.487 e. The summed E-state index contributed by atoms with van der Waals surface area (Å²) in [6, 6.07) is 12.6. The third-order valence-corrected chi connectivity index (χ3v) is 4.86. The van der Waals surface area contributed by atoms with E-state index in [2.05, 4.69) is 10.1 Å². The number of hydrogen-bond donors (Lipinski definition) is 0. The first-order chi connectivity index (χ1) is 14.3. The lowest BCUT2D eigenvalue weighted by molar-refractivity contribution is -0.141. The van der Waals surface area contributed by atoms with Crippen molar-refractivity contribution in [3.8, 4) is 17.1 Å². The second-order valence-electron chi connectivity index (χ2n) is 6.25. The molecule has 0 radical (unpaired) electrons. The molecule has 5 nitrogen and oxygen atoms in total. The fourth-order valence-corrected chi connectivity index (χ4v) is 3.39. The van der Waals surface area contributed by atoms with E-state index in [1.54, 1.807) is 49.1 Å². The number of para-hydroxylation sites is 1. The molecule has 2 aromatic heterocycles. The molecule has 0 amide bonds. The first kappa shape index (κ1) is 20.3. The lowest BCUT2D eigenvalue weighted by atomic mass is 10.3. The van der Waals surface area contributed by atoms with Crippen molar-refractivity contribution < 1.29 is 17.9 Å². The molecule has 0 N–H and O–H groups in total. The Hall–Kier alpha value is -2.97. The number of nitrogens with zero attached hydrogens (tertiary/aromatic N) is 4. The zero-order valence-electron chi connectivity index (χ0n) is 15.1. The van der Waals surface area contributed by atoms with E-state index in [4.69, 9.17) is 27.9 Å². The van der Waals surface area contributed by atoms with Gasteiger partial charge in [0.25, 0.3) is 0 Å². The van der Waals surface area contributed by atoms with Crippen molar-refractivity contribution in [2.75, 3.05) is 0 Å². The van der Waals surface area contributed by atoms with Gasteiger partial charge in [-0.2, -0.15) is 18.3 Å². The van der Waals surface area contributed by atoms with Gasteiger partial charge in [-0.05, 0) is 42.5 Å². The van der Waals surface area contributed by atoms with Crippen molar-refractivity contribution in [2.24, 2.45) is 0 Å². The minimum Gasteiger partial charge on any atom is -0.487 e. The van der Waals surface area contributed by atoms with Crippen molar-refractivity contribution >= 4 is 23.2 Å². The molecule has 2 aromatic carbocycles. The van der Waals surface area contributed by atoms with E-state index in [0.717, 1.165) is 16.4 Å². The van der Waals surface area contributed by atoms with Gasteiger partial charge in [0.1, 0.15) is 18.0 Å². The van der Waals surface area contributed by atoms with E-state index in [1.807, 2.05) is 4.57 Å². The number of hydrogen-bond acceptors (Lipinski definition) is 3. The second-order valence-corrected chi connectivity index (χ2v) is 7.07. The van der Waals surface area contributed by atoms with Crippen LogP contribution in [0.5, 0.6) is 5.75 Å². The van der Waals surface area contributed by atoms with Crippen molar-refractivity contribution in [3.63, 3.8) is 0 Å². The Morgan fingerprint density at radius 1 is 1.00 bits per heavy atom. The van der Waals surface area contributed by atoms with E-state index in [9.17, 15) is 13.2 Å². The van der Waals surface area contributed by atoms with Crippen molar-refractivity contribution in [3.05, 3.63) is 88.7 Å². The van der Waals surface area contributed by atoms with E-state index in [0.29, 0.717) is 5.75 Å². The van der Waals surface area contributed by atoms with E-state index < -0.39 is 11.9 Å². The van der Waals surface area contributed by atoms with Gasteiger partial charge in [-0.25, -0.2) is 9.67 Å². The van der Waals surface area contributed by atoms with Gasteiger partial charge in [-0.3, -0.25) is 0 Å². The van der Waals surface area contributed by atoms with Gasteiger partial charge in [0.15, 0.2) is 5.69 Å². The maximum atomic E-state index is 13.3. The molecule has 0 spiro atoms. The van der Waals surface area contributed by atoms with Gasteiger partial charge in [-0.1, -0.05) is 29.3 Å². The normalized spacial score (nSPS) is 11.6. The summed E-state index contributed by atoms with van der Waals surface area (Å²) in [5.74, 6) is 0.477. The average molecular weight is 453 g/mol. The minimum atomic E-state index is -4.62. The molecule has 0 aliphatic heterocycles. The number of aromatic nitrogens is 4. The summed E-state index contributed by atoms with van der Waals surface area (Å²) in [4.78, 5) is 3.98. The highest BCUT2D eigenvalue weighted by atomic mass is 35.5. The molecule has 0 saturated carbocycles. The van der Waals surface area contributed by atoms with Gasteiger partial charge < -0.3 is 9.30 Å². The Kier molecular flexibility index (Phi) is 5.44. The summed E-state index contributed by atoms with van der Waals surface area (Å²) in [5.41, 5.74) is 0.112. The number of ether oxygens (including phenoxy) is 1. The highest BCUT2D eigenvalue weighted by molar-refractivity contribution is 6.37. The molecule has 0 atom stereocenters. The highest BCUT2D eigenvalue weighted by Crippen LogP contribution is 2.34. The zero-order valence-corrected chi connectivity index (χ0v) is 16.7. The fourth-order valence-electron chi connectivity index (χ4n) is 2.83. The van der Waals surface area contributed by atoms with Crippen LogP contribution in [-0.2, 0) is 12.8 Å². The van der Waals surface area contributed by atoms with Crippen LogP contribution >= 0.6 is 23.2 Å². The first-order valence-corrected chi connectivity index (χ1v) is 9.40. The van der Waals surface area contributed by atoms with Gasteiger partial charge in [0.05, 0.1) is 22.1 Å². The van der Waals surface area contributed by atoms with Crippen LogP contribution in [0.1, 0.15) is 11.4 Å². The molecular formula is C20H13Cl2F3N4O. The summed E-state index contributed by atoms with van der Waals surface area (Å²) >= 11 is 12.3. The number of imidazole rings is 1. The highest BCUT2D eigenvalue weighted by Gasteiger charge is 2.35. The summed E-state index contributed by atoms with van der Waals surface area (Å²) in [7, 11) is 0. The third kappa shape index (κ3) is 4.15. The molecule has 10 heteroatoms. The first-order valence-electron chi connectivity index (χ1n) is 8.64. The zero-order chi connectivity index (χ0) is 21.3. The van der Waals surface area contributed by atoms with Crippen LogP contribution in [0.15, 0.2) is 67.3 Å². The molecule has 0 aliphatic carbocycles. The van der Waals surface area contributed by atoms with Crippen molar-refractivity contribution in [1.29, 1.82) is 0 Å². The van der Waals surface area contributed by atoms with Crippen LogP contribution in [0, 0.1) is 0 Å². The van der Waals surface area contributed by atoms with Crippen LogP contribution in [0.4, 0.5) is 13.2 Å². The lowest BCUT2D eigenvalue weighted by Gasteiger charge is -2.12. The molecule has 0 unspecified atom stereocenters. The fraction of sp³-hybridized carbons (Fsp3) is 0.100. The molecule has 4 rings (SSSR count). The Balaban J connectivity index is 1.63. The topological polar surface area (TPSA) is 44.9 Å². The average Bonchev–Trinajstić information content (AvgIpc) is 3.37. The van der Waals surface area contributed by atoms with Gasteiger partial charge in [0, 0.05) is 18.1 Å². The SMILES string of the molecule is FC(F)(F)c1cc(COc2ccc(-n3ccnc3)cc2)n(-c2c(Cl)cccc2Cl)n1. The monoisotopic (exact) mass is 452 g/mol. The quantitative estimate of drug-likeness (QED) is 0.375. The van der Waals surface area contributed by atoms with Gasteiger partial charge in [0.2, 0.25) is 0 Å². The predicted molar refractivity (Wildman–Crippen MR) is 106 cm³/mol. The number of rotatable bonds is 5. The molecule has 0 bridgehead atoms. The second kappa shape index (κ2) is 8.04. The molecule has 4 aromatic rings. The maximum Gasteiger partial charge on any atom is 0.435 e. The maximum absolute atomic E-state index is 13.3. The van der Waals surface area contributed by atoms with Crippen LogP contribution in [0.3, 0.4) is 0 Å². The summed E-state index contributed by atoms with van der Waals surface area (Å²) < 4.78 is 48.3. The molecule has 0 fully saturated rings. The van der Waals surface area contributed by atoms with Crippen LogP contribution in [0.25, 0.3) is 11.4 Å². The molecule has 0 aliphatic rings. The number of benzene rings is 2. The summed E-state index contributed by atoms with van der Waals surface area (Å²) in [6.45, 7) is -0.172. The third-order valence-electron chi connectivity index (χ3n) is 4.25. The van der Waals surface area contributed by atoms with Crippen LogP contribution in [-0.4, -0.2) is 19.3 Å². The van der Waals surface area contributed by atoms with Gasteiger partial charge in [-0.15, -0.1) is 0 Å². The number of alkyl halides is 3. The molecule has 2 heterocycles. The van der Waals surface area contributed by atoms with Crippen LogP contribution in [0.2, 0.25) is 10.0 Å². The molecule has 154 valence electrons. The Morgan fingerprint density at radius 3 is 2.30 bits per heavy atom.